The largest absolute Gasteiger partial charge is 0.358 e. The summed E-state index contributed by atoms with van der Waals surface area (Å²) >= 11 is 0. The average Bonchev–Trinajstić information content (AvgIpc) is 2.90. The number of hydrogen-bond donors (Lipinski definition) is 1. The number of anilines is 1. The Morgan fingerprint density at radius 1 is 1.32 bits per heavy atom. The Kier molecular flexibility index (Phi) is 4.65. The van der Waals surface area contributed by atoms with Gasteiger partial charge in [0.1, 0.15) is 18.1 Å². The van der Waals surface area contributed by atoms with Crippen molar-refractivity contribution in [3.8, 4) is 0 Å². The van der Waals surface area contributed by atoms with E-state index in [4.69, 9.17) is 0 Å². The number of benzene rings is 1. The van der Waals surface area contributed by atoms with Crippen LogP contribution in [0, 0.1) is 24.0 Å². The second-order valence-corrected chi connectivity index (χ2v) is 6.34. The van der Waals surface area contributed by atoms with Crippen LogP contribution in [0.5, 0.6) is 0 Å². The van der Waals surface area contributed by atoms with Gasteiger partial charge in [-0.3, -0.25) is 14.9 Å². The van der Waals surface area contributed by atoms with E-state index in [1.807, 2.05) is 36.1 Å². The predicted molar refractivity (Wildman–Crippen MR) is 94.3 cm³/mol. The number of amides is 1. The SMILES string of the molecule is Cc1ccc(CN2CCC(Nc3cc(C)c([N+](=O)[O-])cn3)C2=O)cc1. The summed E-state index contributed by atoms with van der Waals surface area (Å²) in [6.07, 6.45) is 1.91. The molecule has 130 valence electrons. The van der Waals surface area contributed by atoms with Crippen molar-refractivity contribution in [3.05, 3.63) is 63.3 Å². The molecule has 7 nitrogen and oxygen atoms in total. The lowest BCUT2D eigenvalue weighted by atomic mass is 10.1. The summed E-state index contributed by atoms with van der Waals surface area (Å²) in [6, 6.07) is 9.40. The molecule has 1 aromatic carbocycles. The molecule has 0 bridgehead atoms. The molecular formula is C18H20N4O3. The molecule has 1 fully saturated rings. The van der Waals surface area contributed by atoms with E-state index < -0.39 is 4.92 Å². The molecule has 1 unspecified atom stereocenters. The Morgan fingerprint density at radius 2 is 2.04 bits per heavy atom. The minimum atomic E-state index is -0.462. The van der Waals surface area contributed by atoms with Gasteiger partial charge >= 0.3 is 0 Å². The number of pyridine rings is 1. The summed E-state index contributed by atoms with van der Waals surface area (Å²) < 4.78 is 0. The fourth-order valence-corrected chi connectivity index (χ4v) is 2.94. The summed E-state index contributed by atoms with van der Waals surface area (Å²) in [5.74, 6) is 0.511. The van der Waals surface area contributed by atoms with Crippen LogP contribution in [0.15, 0.2) is 36.5 Å². The zero-order valence-electron chi connectivity index (χ0n) is 14.2. The minimum Gasteiger partial charge on any atom is -0.358 e. The smallest absolute Gasteiger partial charge is 0.290 e. The van der Waals surface area contributed by atoms with E-state index in [0.29, 0.717) is 30.9 Å². The Hall–Kier alpha value is -2.96. The first-order chi connectivity index (χ1) is 11.9. The number of aryl methyl sites for hydroxylation is 2. The second kappa shape index (κ2) is 6.88. The summed E-state index contributed by atoms with van der Waals surface area (Å²) in [6.45, 7) is 4.95. The Balaban J connectivity index is 1.65. The van der Waals surface area contributed by atoms with E-state index >= 15 is 0 Å². The Morgan fingerprint density at radius 3 is 2.68 bits per heavy atom. The summed E-state index contributed by atoms with van der Waals surface area (Å²) in [7, 11) is 0. The van der Waals surface area contributed by atoms with Gasteiger partial charge in [-0.15, -0.1) is 0 Å². The van der Waals surface area contributed by atoms with Gasteiger partial charge in [0.05, 0.1) is 4.92 Å². The quantitative estimate of drug-likeness (QED) is 0.668. The maximum Gasteiger partial charge on any atom is 0.290 e. The molecule has 2 aromatic rings. The highest BCUT2D eigenvalue weighted by Crippen LogP contribution is 2.22. The average molecular weight is 340 g/mol. The predicted octanol–water partition coefficient (Wildman–Crippen LogP) is 2.82. The Labute approximate surface area is 145 Å². The molecule has 0 radical (unpaired) electrons. The lowest BCUT2D eigenvalue weighted by Crippen LogP contribution is -2.33. The molecule has 1 saturated heterocycles. The van der Waals surface area contributed by atoms with Crippen molar-refractivity contribution >= 4 is 17.4 Å². The number of nitrogens with one attached hydrogen (secondary N) is 1. The van der Waals surface area contributed by atoms with E-state index in [1.54, 1.807) is 13.0 Å². The van der Waals surface area contributed by atoms with Crippen molar-refractivity contribution in [1.82, 2.24) is 9.88 Å². The van der Waals surface area contributed by atoms with Crippen LogP contribution >= 0.6 is 0 Å². The van der Waals surface area contributed by atoms with Crippen LogP contribution in [0.4, 0.5) is 11.5 Å². The molecule has 0 aliphatic carbocycles. The number of carbonyl (C=O) groups is 1. The van der Waals surface area contributed by atoms with Crippen molar-refractivity contribution in [2.24, 2.45) is 0 Å². The molecule has 3 rings (SSSR count). The molecular weight excluding hydrogens is 320 g/mol. The lowest BCUT2D eigenvalue weighted by Gasteiger charge is -2.17. The molecule has 1 aliphatic rings. The van der Waals surface area contributed by atoms with E-state index in [0.717, 1.165) is 5.56 Å². The zero-order valence-corrected chi connectivity index (χ0v) is 14.2. The number of aromatic nitrogens is 1. The first-order valence-corrected chi connectivity index (χ1v) is 8.16. The van der Waals surface area contributed by atoms with E-state index in [1.165, 1.54) is 11.8 Å². The topological polar surface area (TPSA) is 88.4 Å². The van der Waals surface area contributed by atoms with Crippen LogP contribution < -0.4 is 5.32 Å². The number of nitrogens with zero attached hydrogens (tertiary/aromatic N) is 3. The number of nitro groups is 1. The van der Waals surface area contributed by atoms with Crippen molar-refractivity contribution in [1.29, 1.82) is 0 Å². The summed E-state index contributed by atoms with van der Waals surface area (Å²) in [4.78, 5) is 28.8. The van der Waals surface area contributed by atoms with Crippen molar-refractivity contribution < 1.29 is 9.72 Å². The standard InChI is InChI=1S/C18H20N4O3/c1-12-3-5-14(6-4-12)11-21-8-7-15(18(21)23)20-17-9-13(2)16(10-19-17)22(24)25/h3-6,9-10,15H,7-8,11H2,1-2H3,(H,19,20). The first-order valence-electron chi connectivity index (χ1n) is 8.16. The van der Waals surface area contributed by atoms with E-state index in [2.05, 4.69) is 10.3 Å². The molecule has 1 amide bonds. The van der Waals surface area contributed by atoms with Crippen LogP contribution in [0.1, 0.15) is 23.1 Å². The van der Waals surface area contributed by atoms with Crippen LogP contribution in [-0.2, 0) is 11.3 Å². The fraction of sp³-hybridized carbons (Fsp3) is 0.333. The van der Waals surface area contributed by atoms with Gasteiger partial charge in [0.25, 0.3) is 5.69 Å². The molecule has 1 atom stereocenters. The minimum absolute atomic E-state index is 0.0238. The number of carbonyl (C=O) groups excluding carboxylic acids is 1. The lowest BCUT2D eigenvalue weighted by molar-refractivity contribution is -0.385. The Bertz CT molecular complexity index is 804. The number of rotatable bonds is 5. The second-order valence-electron chi connectivity index (χ2n) is 6.34. The maximum absolute atomic E-state index is 12.6. The highest BCUT2D eigenvalue weighted by atomic mass is 16.6. The summed E-state index contributed by atoms with van der Waals surface area (Å²) in [5.41, 5.74) is 2.79. The van der Waals surface area contributed by atoms with Crippen LogP contribution in [0.25, 0.3) is 0 Å². The summed E-state index contributed by atoms with van der Waals surface area (Å²) in [5, 5.41) is 13.9. The van der Waals surface area contributed by atoms with Crippen molar-refractivity contribution in [2.75, 3.05) is 11.9 Å². The molecule has 7 heteroatoms. The highest BCUT2D eigenvalue weighted by Gasteiger charge is 2.31. The maximum atomic E-state index is 12.6. The third kappa shape index (κ3) is 3.76. The van der Waals surface area contributed by atoms with Gasteiger partial charge in [0.2, 0.25) is 5.91 Å². The van der Waals surface area contributed by atoms with Crippen LogP contribution in [-0.4, -0.2) is 33.3 Å². The van der Waals surface area contributed by atoms with Gasteiger partial charge in [-0.1, -0.05) is 29.8 Å². The van der Waals surface area contributed by atoms with Gasteiger partial charge in [0, 0.05) is 18.7 Å². The molecule has 2 heterocycles. The van der Waals surface area contributed by atoms with Gasteiger partial charge in [-0.2, -0.15) is 0 Å². The van der Waals surface area contributed by atoms with Gasteiger partial charge in [-0.25, -0.2) is 4.98 Å². The normalized spacial score (nSPS) is 17.0. The zero-order chi connectivity index (χ0) is 18.0. The van der Waals surface area contributed by atoms with Gasteiger partial charge in [-0.05, 0) is 31.9 Å². The molecule has 0 spiro atoms. The first kappa shape index (κ1) is 16.9. The van der Waals surface area contributed by atoms with Crippen LogP contribution in [0.2, 0.25) is 0 Å². The van der Waals surface area contributed by atoms with Gasteiger partial charge < -0.3 is 10.2 Å². The molecule has 1 aliphatic heterocycles. The number of hydrogen-bond acceptors (Lipinski definition) is 5. The molecule has 1 N–H and O–H groups in total. The van der Waals surface area contributed by atoms with E-state index in [9.17, 15) is 14.9 Å². The fourth-order valence-electron chi connectivity index (χ4n) is 2.94. The van der Waals surface area contributed by atoms with Crippen LogP contribution in [0.3, 0.4) is 0 Å². The molecule has 25 heavy (non-hydrogen) atoms. The highest BCUT2D eigenvalue weighted by molar-refractivity contribution is 5.86. The monoisotopic (exact) mass is 340 g/mol. The molecule has 0 saturated carbocycles. The van der Waals surface area contributed by atoms with Crippen molar-refractivity contribution in [2.45, 2.75) is 32.9 Å². The van der Waals surface area contributed by atoms with Crippen molar-refractivity contribution in [3.63, 3.8) is 0 Å². The third-order valence-electron chi connectivity index (χ3n) is 4.39. The van der Waals surface area contributed by atoms with E-state index in [-0.39, 0.29) is 17.6 Å². The number of likely N-dealkylation sites (tertiary alicyclic amines) is 1. The third-order valence-corrected chi connectivity index (χ3v) is 4.39. The van der Waals surface area contributed by atoms with Gasteiger partial charge in [0.15, 0.2) is 0 Å². The molecule has 1 aromatic heterocycles.